The maximum absolute atomic E-state index is 12.4. The monoisotopic (exact) mass is 382 g/mol. The molecule has 3 aromatic rings. The van der Waals surface area contributed by atoms with Gasteiger partial charge in [0, 0.05) is 29.5 Å². The van der Waals surface area contributed by atoms with Gasteiger partial charge in [-0.2, -0.15) is 0 Å². The number of halogens is 1. The minimum Gasteiger partial charge on any atom is -0.493 e. The van der Waals surface area contributed by atoms with Gasteiger partial charge >= 0.3 is 0 Å². The molecule has 1 amide bonds. The normalized spacial score (nSPS) is 10.3. The van der Waals surface area contributed by atoms with E-state index >= 15 is 0 Å². The van der Waals surface area contributed by atoms with E-state index in [9.17, 15) is 4.79 Å². The zero-order chi connectivity index (χ0) is 19.1. The minimum atomic E-state index is -0.193. The third kappa shape index (κ3) is 5.21. The van der Waals surface area contributed by atoms with Crippen molar-refractivity contribution in [1.29, 1.82) is 0 Å². The first-order valence-electron chi connectivity index (χ1n) is 8.38. The molecule has 0 saturated carbocycles. The molecule has 0 spiro atoms. The van der Waals surface area contributed by atoms with Crippen molar-refractivity contribution in [2.75, 3.05) is 7.11 Å². The highest BCUT2D eigenvalue weighted by Crippen LogP contribution is 2.29. The van der Waals surface area contributed by atoms with Crippen molar-refractivity contribution in [3.05, 3.63) is 88.7 Å². The van der Waals surface area contributed by atoms with Crippen molar-refractivity contribution in [1.82, 2.24) is 10.3 Å². The van der Waals surface area contributed by atoms with Crippen LogP contribution >= 0.6 is 11.6 Å². The number of methoxy groups -OCH3 is 1. The van der Waals surface area contributed by atoms with Crippen LogP contribution in [0, 0.1) is 0 Å². The Balaban J connectivity index is 1.64. The van der Waals surface area contributed by atoms with E-state index in [1.807, 2.05) is 36.4 Å². The van der Waals surface area contributed by atoms with E-state index in [-0.39, 0.29) is 5.91 Å². The summed E-state index contributed by atoms with van der Waals surface area (Å²) < 4.78 is 11.2. The number of hydrogen-bond acceptors (Lipinski definition) is 4. The van der Waals surface area contributed by atoms with Crippen molar-refractivity contribution in [3.63, 3.8) is 0 Å². The van der Waals surface area contributed by atoms with Gasteiger partial charge in [-0.1, -0.05) is 29.8 Å². The zero-order valence-electron chi connectivity index (χ0n) is 14.8. The molecule has 0 aliphatic carbocycles. The first-order valence-corrected chi connectivity index (χ1v) is 8.76. The summed E-state index contributed by atoms with van der Waals surface area (Å²) in [4.78, 5) is 16.4. The van der Waals surface area contributed by atoms with Gasteiger partial charge in [0.1, 0.15) is 6.61 Å². The molecule has 1 heterocycles. The number of carbonyl (C=O) groups is 1. The summed E-state index contributed by atoms with van der Waals surface area (Å²) >= 11 is 5.89. The molecule has 0 aliphatic rings. The molecule has 0 aliphatic heterocycles. The molecule has 3 rings (SSSR count). The lowest BCUT2D eigenvalue weighted by Crippen LogP contribution is -2.22. The first kappa shape index (κ1) is 18.7. The van der Waals surface area contributed by atoms with E-state index in [1.54, 1.807) is 37.7 Å². The Hall–Kier alpha value is -3.05. The first-order chi connectivity index (χ1) is 13.2. The summed E-state index contributed by atoms with van der Waals surface area (Å²) in [6.07, 6.45) is 3.41. The maximum atomic E-state index is 12.4. The Morgan fingerprint density at radius 1 is 1.07 bits per heavy atom. The molecular weight excluding hydrogens is 364 g/mol. The third-order valence-corrected chi connectivity index (χ3v) is 4.16. The number of nitrogens with zero attached hydrogens (tertiary/aromatic N) is 1. The number of amides is 1. The lowest BCUT2D eigenvalue weighted by Gasteiger charge is -2.12. The van der Waals surface area contributed by atoms with Gasteiger partial charge < -0.3 is 14.8 Å². The number of nitrogens with one attached hydrogen (secondary N) is 1. The van der Waals surface area contributed by atoms with Crippen LogP contribution in [0.3, 0.4) is 0 Å². The Labute approximate surface area is 162 Å². The second-order valence-electron chi connectivity index (χ2n) is 5.82. The van der Waals surface area contributed by atoms with Gasteiger partial charge in [0.25, 0.3) is 5.91 Å². The summed E-state index contributed by atoms with van der Waals surface area (Å²) in [6.45, 7) is 0.782. The average Bonchev–Trinajstić information content (AvgIpc) is 2.72. The Morgan fingerprint density at radius 3 is 2.59 bits per heavy atom. The van der Waals surface area contributed by atoms with Crippen molar-refractivity contribution >= 4 is 17.5 Å². The van der Waals surface area contributed by atoms with Gasteiger partial charge in [-0.15, -0.1) is 0 Å². The van der Waals surface area contributed by atoms with Gasteiger partial charge in [-0.25, -0.2) is 0 Å². The molecule has 0 radical (unpaired) electrons. The van der Waals surface area contributed by atoms with Gasteiger partial charge in [-0.05, 0) is 47.5 Å². The highest BCUT2D eigenvalue weighted by Gasteiger charge is 2.11. The summed E-state index contributed by atoms with van der Waals surface area (Å²) in [6, 6.07) is 16.3. The average molecular weight is 383 g/mol. The van der Waals surface area contributed by atoms with Crippen molar-refractivity contribution in [3.8, 4) is 11.5 Å². The smallest absolute Gasteiger partial charge is 0.251 e. The van der Waals surface area contributed by atoms with Crippen LogP contribution < -0.4 is 14.8 Å². The fraction of sp³-hybridized carbons (Fsp3) is 0.143. The van der Waals surface area contributed by atoms with E-state index in [2.05, 4.69) is 10.3 Å². The molecule has 6 heteroatoms. The molecule has 0 atom stereocenters. The summed E-state index contributed by atoms with van der Waals surface area (Å²) in [5.74, 6) is 0.871. The second kappa shape index (κ2) is 9.05. The lowest BCUT2D eigenvalue weighted by atomic mass is 10.1. The molecule has 2 aromatic carbocycles. The number of hydrogen-bond donors (Lipinski definition) is 1. The quantitative estimate of drug-likeness (QED) is 0.663. The van der Waals surface area contributed by atoms with Crippen LogP contribution in [0.4, 0.5) is 0 Å². The van der Waals surface area contributed by atoms with Gasteiger partial charge in [0.15, 0.2) is 11.5 Å². The number of carbonyl (C=O) groups excluding carboxylic acids is 1. The van der Waals surface area contributed by atoms with Crippen molar-refractivity contribution in [2.45, 2.75) is 13.2 Å². The highest BCUT2D eigenvalue weighted by molar-refractivity contribution is 6.30. The SMILES string of the molecule is COc1cc(C(=O)NCc2cccnc2)ccc1OCc1ccc(Cl)cc1. The summed E-state index contributed by atoms with van der Waals surface area (Å²) in [7, 11) is 1.54. The fourth-order valence-electron chi connectivity index (χ4n) is 2.46. The van der Waals surface area contributed by atoms with E-state index in [1.165, 1.54) is 0 Å². The number of rotatable bonds is 7. The topological polar surface area (TPSA) is 60.5 Å². The van der Waals surface area contributed by atoms with Crippen molar-refractivity contribution in [2.24, 2.45) is 0 Å². The summed E-state index contributed by atoms with van der Waals surface area (Å²) in [5, 5.41) is 3.54. The lowest BCUT2D eigenvalue weighted by molar-refractivity contribution is 0.0950. The fourth-order valence-corrected chi connectivity index (χ4v) is 2.58. The molecule has 1 aromatic heterocycles. The van der Waals surface area contributed by atoms with Crippen LogP contribution in [0.1, 0.15) is 21.5 Å². The minimum absolute atomic E-state index is 0.193. The second-order valence-corrected chi connectivity index (χ2v) is 6.26. The van der Waals surface area contributed by atoms with Crippen LogP contribution in [0.15, 0.2) is 67.0 Å². The number of benzene rings is 2. The van der Waals surface area contributed by atoms with Crippen LogP contribution in [-0.2, 0) is 13.2 Å². The van der Waals surface area contributed by atoms with Crippen LogP contribution in [0.25, 0.3) is 0 Å². The number of aromatic nitrogens is 1. The Kier molecular flexibility index (Phi) is 6.28. The van der Waals surface area contributed by atoms with Crippen LogP contribution in [-0.4, -0.2) is 18.0 Å². The number of pyridine rings is 1. The van der Waals surface area contributed by atoms with Gasteiger partial charge in [-0.3, -0.25) is 9.78 Å². The highest BCUT2D eigenvalue weighted by atomic mass is 35.5. The van der Waals surface area contributed by atoms with Crippen molar-refractivity contribution < 1.29 is 14.3 Å². The molecule has 0 bridgehead atoms. The third-order valence-electron chi connectivity index (χ3n) is 3.91. The van der Waals surface area contributed by atoms with E-state index in [0.717, 1.165) is 11.1 Å². The largest absolute Gasteiger partial charge is 0.493 e. The predicted octanol–water partition coefficient (Wildman–Crippen LogP) is 4.25. The van der Waals surface area contributed by atoms with Crippen LogP contribution in [0.5, 0.6) is 11.5 Å². The standard InChI is InChI=1S/C21H19ClN2O3/c1-26-20-11-17(21(25)24-13-16-3-2-10-23-12-16)6-9-19(20)27-14-15-4-7-18(22)8-5-15/h2-12H,13-14H2,1H3,(H,24,25). The predicted molar refractivity (Wildman–Crippen MR) is 104 cm³/mol. The zero-order valence-corrected chi connectivity index (χ0v) is 15.6. The van der Waals surface area contributed by atoms with Crippen LogP contribution in [0.2, 0.25) is 5.02 Å². The molecule has 5 nitrogen and oxygen atoms in total. The molecule has 1 N–H and O–H groups in total. The maximum Gasteiger partial charge on any atom is 0.251 e. The van der Waals surface area contributed by atoms with Gasteiger partial charge in [0.2, 0.25) is 0 Å². The van der Waals surface area contributed by atoms with Gasteiger partial charge in [0.05, 0.1) is 7.11 Å². The Morgan fingerprint density at radius 2 is 1.89 bits per heavy atom. The molecule has 0 fully saturated rings. The molecule has 0 saturated heterocycles. The number of ether oxygens (including phenoxy) is 2. The van der Waals surface area contributed by atoms with E-state index in [0.29, 0.717) is 35.2 Å². The van der Waals surface area contributed by atoms with E-state index < -0.39 is 0 Å². The van der Waals surface area contributed by atoms with E-state index in [4.69, 9.17) is 21.1 Å². The molecular formula is C21H19ClN2O3. The molecule has 0 unspecified atom stereocenters. The molecule has 27 heavy (non-hydrogen) atoms. The molecule has 138 valence electrons. The summed E-state index contributed by atoms with van der Waals surface area (Å²) in [5.41, 5.74) is 2.41. The Bertz CT molecular complexity index is 899.